The van der Waals surface area contributed by atoms with Crippen molar-refractivity contribution in [3.05, 3.63) is 28.5 Å². The number of aromatic nitrogens is 1. The number of hydrogen-bond donors (Lipinski definition) is 1. The van der Waals surface area contributed by atoms with E-state index in [1.165, 1.54) is 0 Å². The molecule has 0 spiro atoms. The van der Waals surface area contributed by atoms with Gasteiger partial charge in [-0.25, -0.2) is 0 Å². The molecule has 1 aromatic heterocycles. The molecule has 0 aliphatic heterocycles. The fourth-order valence-corrected chi connectivity index (χ4v) is 1.82. The second-order valence-electron chi connectivity index (χ2n) is 4.05. The van der Waals surface area contributed by atoms with Crippen LogP contribution >= 0.6 is 15.9 Å². The Hall–Kier alpha value is -0.410. The van der Waals surface area contributed by atoms with E-state index in [2.05, 4.69) is 34.8 Å². The van der Waals surface area contributed by atoms with Crippen LogP contribution in [-0.4, -0.2) is 10.5 Å². The van der Waals surface area contributed by atoms with Gasteiger partial charge in [0.25, 0.3) is 0 Å². The first-order chi connectivity index (χ1) is 6.53. The van der Waals surface area contributed by atoms with Crippen molar-refractivity contribution in [2.45, 2.75) is 38.6 Å². The van der Waals surface area contributed by atoms with Gasteiger partial charge in [0.1, 0.15) is 0 Å². The average Bonchev–Trinajstić information content (AvgIpc) is 2.08. The zero-order valence-electron chi connectivity index (χ0n) is 8.76. The lowest BCUT2D eigenvalue weighted by atomic mass is 9.92. The zero-order valence-corrected chi connectivity index (χ0v) is 10.3. The Morgan fingerprint density at radius 2 is 2.21 bits per heavy atom. The Morgan fingerprint density at radius 3 is 2.71 bits per heavy atom. The number of nitrogens with two attached hydrogens (primary N) is 1. The van der Waals surface area contributed by atoms with E-state index in [4.69, 9.17) is 5.73 Å². The third-order valence-corrected chi connectivity index (χ3v) is 2.66. The second kappa shape index (κ2) is 4.89. The quantitative estimate of drug-likeness (QED) is 0.900. The summed E-state index contributed by atoms with van der Waals surface area (Å²) in [5, 5.41) is 0. The summed E-state index contributed by atoms with van der Waals surface area (Å²) < 4.78 is 1.01. The van der Waals surface area contributed by atoms with Crippen molar-refractivity contribution in [2.75, 3.05) is 0 Å². The molecule has 3 heteroatoms. The van der Waals surface area contributed by atoms with Crippen molar-refractivity contribution in [1.82, 2.24) is 4.98 Å². The number of pyridine rings is 1. The summed E-state index contributed by atoms with van der Waals surface area (Å²) in [5.74, 6) is 0. The lowest BCUT2D eigenvalue weighted by molar-refractivity contribution is 0.420. The van der Waals surface area contributed by atoms with Crippen LogP contribution in [0.15, 0.2) is 22.8 Å². The monoisotopic (exact) mass is 256 g/mol. The Balaban J connectivity index is 2.64. The fourth-order valence-electron chi connectivity index (χ4n) is 1.58. The second-order valence-corrected chi connectivity index (χ2v) is 4.96. The standard InChI is InChI=1S/C11H17BrN2/c1-3-6-11(2,13)7-10-5-4-9(12)8-14-10/h4-5,8H,3,6-7,13H2,1-2H3. The molecule has 2 nitrogen and oxygen atoms in total. The van der Waals surface area contributed by atoms with Gasteiger partial charge < -0.3 is 5.73 Å². The molecule has 0 amide bonds. The number of halogens is 1. The van der Waals surface area contributed by atoms with Crippen molar-refractivity contribution < 1.29 is 0 Å². The highest BCUT2D eigenvalue weighted by Gasteiger charge is 2.18. The van der Waals surface area contributed by atoms with Crippen LogP contribution in [0.4, 0.5) is 0 Å². The van der Waals surface area contributed by atoms with Gasteiger partial charge in [0.05, 0.1) is 0 Å². The topological polar surface area (TPSA) is 38.9 Å². The lowest BCUT2D eigenvalue weighted by Gasteiger charge is -2.23. The molecule has 1 heterocycles. The predicted molar refractivity (Wildman–Crippen MR) is 63.1 cm³/mol. The molecule has 0 bridgehead atoms. The van der Waals surface area contributed by atoms with Gasteiger partial charge in [0.2, 0.25) is 0 Å². The summed E-state index contributed by atoms with van der Waals surface area (Å²) in [4.78, 5) is 4.32. The van der Waals surface area contributed by atoms with Gasteiger partial charge in [0, 0.05) is 28.3 Å². The predicted octanol–water partition coefficient (Wildman–Crippen LogP) is 2.90. The molecular formula is C11H17BrN2. The molecule has 0 aromatic carbocycles. The lowest BCUT2D eigenvalue weighted by Crippen LogP contribution is -2.38. The van der Waals surface area contributed by atoms with Crippen LogP contribution in [0.5, 0.6) is 0 Å². The number of nitrogens with zero attached hydrogens (tertiary/aromatic N) is 1. The van der Waals surface area contributed by atoms with Gasteiger partial charge >= 0.3 is 0 Å². The van der Waals surface area contributed by atoms with Crippen molar-refractivity contribution in [3.63, 3.8) is 0 Å². The Bertz CT molecular complexity index is 280. The Morgan fingerprint density at radius 1 is 1.50 bits per heavy atom. The molecule has 0 aliphatic rings. The first-order valence-electron chi connectivity index (χ1n) is 4.93. The molecule has 0 aliphatic carbocycles. The smallest absolute Gasteiger partial charge is 0.0422 e. The molecule has 0 saturated heterocycles. The molecule has 0 saturated carbocycles. The van der Waals surface area contributed by atoms with Crippen LogP contribution in [-0.2, 0) is 6.42 Å². The summed E-state index contributed by atoms with van der Waals surface area (Å²) in [5.41, 5.74) is 7.08. The van der Waals surface area contributed by atoms with Crippen LogP contribution in [0.3, 0.4) is 0 Å². The molecule has 0 fully saturated rings. The highest BCUT2D eigenvalue weighted by atomic mass is 79.9. The number of rotatable bonds is 4. The summed E-state index contributed by atoms with van der Waals surface area (Å²) in [6.07, 6.45) is 4.81. The Kier molecular flexibility index (Phi) is 4.08. The SMILES string of the molecule is CCCC(C)(N)Cc1ccc(Br)cn1. The van der Waals surface area contributed by atoms with E-state index in [1.54, 1.807) is 0 Å². The van der Waals surface area contributed by atoms with E-state index in [-0.39, 0.29) is 5.54 Å². The molecule has 2 N–H and O–H groups in total. The largest absolute Gasteiger partial charge is 0.325 e. The van der Waals surface area contributed by atoms with Crippen LogP contribution < -0.4 is 5.73 Å². The van der Waals surface area contributed by atoms with Gasteiger partial charge in [-0.3, -0.25) is 4.98 Å². The Labute approximate surface area is 94.0 Å². The molecule has 1 aromatic rings. The van der Waals surface area contributed by atoms with Gasteiger partial charge in [-0.2, -0.15) is 0 Å². The maximum atomic E-state index is 6.15. The van der Waals surface area contributed by atoms with Crippen LogP contribution in [0.25, 0.3) is 0 Å². The van der Waals surface area contributed by atoms with Gasteiger partial charge in [0.15, 0.2) is 0 Å². The van der Waals surface area contributed by atoms with Crippen molar-refractivity contribution >= 4 is 15.9 Å². The third-order valence-electron chi connectivity index (χ3n) is 2.19. The minimum Gasteiger partial charge on any atom is -0.325 e. The van der Waals surface area contributed by atoms with Crippen LogP contribution in [0.1, 0.15) is 32.4 Å². The van der Waals surface area contributed by atoms with E-state index >= 15 is 0 Å². The van der Waals surface area contributed by atoms with Crippen LogP contribution in [0, 0.1) is 0 Å². The zero-order chi connectivity index (χ0) is 10.6. The average molecular weight is 257 g/mol. The van der Waals surface area contributed by atoms with E-state index in [9.17, 15) is 0 Å². The molecule has 0 radical (unpaired) electrons. The molecule has 1 unspecified atom stereocenters. The highest BCUT2D eigenvalue weighted by molar-refractivity contribution is 9.10. The third kappa shape index (κ3) is 3.76. The minimum absolute atomic E-state index is 0.129. The maximum Gasteiger partial charge on any atom is 0.0422 e. The summed E-state index contributed by atoms with van der Waals surface area (Å²) in [6, 6.07) is 4.02. The molecular weight excluding hydrogens is 240 g/mol. The summed E-state index contributed by atoms with van der Waals surface area (Å²) in [6.45, 7) is 4.24. The van der Waals surface area contributed by atoms with E-state index < -0.39 is 0 Å². The van der Waals surface area contributed by atoms with Gasteiger partial charge in [-0.15, -0.1) is 0 Å². The van der Waals surface area contributed by atoms with E-state index in [1.807, 2.05) is 18.3 Å². The molecule has 78 valence electrons. The van der Waals surface area contributed by atoms with Gasteiger partial charge in [-0.05, 0) is 41.4 Å². The van der Waals surface area contributed by atoms with Gasteiger partial charge in [-0.1, -0.05) is 13.3 Å². The molecule has 1 atom stereocenters. The number of hydrogen-bond acceptors (Lipinski definition) is 2. The van der Waals surface area contributed by atoms with Crippen molar-refractivity contribution in [2.24, 2.45) is 5.73 Å². The highest BCUT2D eigenvalue weighted by Crippen LogP contribution is 2.16. The fraction of sp³-hybridized carbons (Fsp3) is 0.545. The normalized spacial score (nSPS) is 15.1. The first kappa shape index (κ1) is 11.7. The maximum absolute atomic E-state index is 6.15. The summed E-state index contributed by atoms with van der Waals surface area (Å²) in [7, 11) is 0. The van der Waals surface area contributed by atoms with Crippen molar-refractivity contribution in [3.8, 4) is 0 Å². The summed E-state index contributed by atoms with van der Waals surface area (Å²) >= 11 is 3.36. The van der Waals surface area contributed by atoms with E-state index in [0.29, 0.717) is 0 Å². The van der Waals surface area contributed by atoms with E-state index in [0.717, 1.165) is 29.4 Å². The first-order valence-corrected chi connectivity index (χ1v) is 5.72. The molecule has 14 heavy (non-hydrogen) atoms. The molecule has 1 rings (SSSR count). The van der Waals surface area contributed by atoms with Crippen LogP contribution in [0.2, 0.25) is 0 Å². The van der Waals surface area contributed by atoms with Crippen molar-refractivity contribution in [1.29, 1.82) is 0 Å². The minimum atomic E-state index is -0.129.